The van der Waals surface area contributed by atoms with Gasteiger partial charge in [-0.15, -0.1) is 22.7 Å². The van der Waals surface area contributed by atoms with Gasteiger partial charge >= 0.3 is 12.4 Å². The van der Waals surface area contributed by atoms with Gasteiger partial charge in [-0.05, 0) is 111 Å². The monoisotopic (exact) mass is 1010 g/mol. The molecule has 2 aliphatic heterocycles. The van der Waals surface area contributed by atoms with Crippen LogP contribution in [0.2, 0.25) is 5.28 Å². The van der Waals surface area contributed by atoms with Gasteiger partial charge in [0.15, 0.2) is 0 Å². The lowest BCUT2D eigenvalue weighted by Crippen LogP contribution is -2.56. The molecule has 5 N–H and O–H groups in total. The normalized spacial score (nSPS) is 19.3. The van der Waals surface area contributed by atoms with Crippen molar-refractivity contribution in [3.8, 4) is 0 Å². The van der Waals surface area contributed by atoms with Crippen LogP contribution in [-0.4, -0.2) is 104 Å². The first kappa shape index (κ1) is 48.4. The van der Waals surface area contributed by atoms with Crippen LogP contribution in [0.3, 0.4) is 0 Å². The zero-order valence-corrected chi connectivity index (χ0v) is 40.3. The molecular formula is C47H50ClF6N11O2S2. The van der Waals surface area contributed by atoms with Gasteiger partial charge in [0.25, 0.3) is 11.8 Å². The average molecular weight is 1010 g/mol. The highest BCUT2D eigenvalue weighted by Gasteiger charge is 2.50. The molecule has 6 heterocycles. The standard InChI is InChI=1S/C24H27F3N6OS.C23H23ClF3N5OS/c1-28-20(34)14-3-5-15(6-4-14)30-16-7-8-23(10-16)12-33(13-23)19-18-9-17(11-24(25,26)27)35-21(18)32-22(29-2)31-19;1-28-19(33)13-2-4-14(5-3-13)29-15-6-7-22(9-15)11-32(12-22)18-17-8-16(10-23(25,26)27)34-20(17)31-21(24)30-18/h3-6,9,16,30H,7-8,10-13H2,1-2H3,(H,28,34)(H,29,31,32);2-5,8,15,29H,6-7,9-12H2,1H3,(H,28,33). The van der Waals surface area contributed by atoms with Crippen LogP contribution in [0.5, 0.6) is 0 Å². The van der Waals surface area contributed by atoms with Gasteiger partial charge in [0.05, 0.1) is 23.6 Å². The highest BCUT2D eigenvalue weighted by atomic mass is 35.5. The number of aromatic nitrogens is 4. The maximum absolute atomic E-state index is 12.9. The Morgan fingerprint density at radius 1 is 0.652 bits per heavy atom. The first-order valence-electron chi connectivity index (χ1n) is 22.5. The summed E-state index contributed by atoms with van der Waals surface area (Å²) in [6.07, 6.45) is -4.25. The van der Waals surface area contributed by atoms with E-state index in [9.17, 15) is 35.9 Å². The van der Waals surface area contributed by atoms with Crippen molar-refractivity contribution >= 4 is 95.5 Å². The van der Waals surface area contributed by atoms with Crippen molar-refractivity contribution < 1.29 is 35.9 Å². The number of amides is 2. The number of hydrogen-bond acceptors (Lipinski definition) is 13. The average Bonchev–Trinajstić information content (AvgIpc) is 4.09. The minimum atomic E-state index is -4.27. The van der Waals surface area contributed by atoms with Gasteiger partial charge in [-0.2, -0.15) is 36.3 Å². The van der Waals surface area contributed by atoms with Crippen molar-refractivity contribution in [1.82, 2.24) is 30.6 Å². The summed E-state index contributed by atoms with van der Waals surface area (Å²) in [6.45, 7) is 3.21. The molecule has 10 rings (SSSR count). The minimum Gasteiger partial charge on any atom is -0.382 e. The molecule has 2 spiro atoms. The number of fused-ring (bicyclic) bond motifs is 2. The van der Waals surface area contributed by atoms with Gasteiger partial charge in [-0.3, -0.25) is 9.59 Å². The second-order valence-corrected chi connectivity index (χ2v) is 21.1. The van der Waals surface area contributed by atoms with Crippen LogP contribution in [0.25, 0.3) is 20.4 Å². The van der Waals surface area contributed by atoms with Gasteiger partial charge in [-0.1, -0.05) is 0 Å². The van der Waals surface area contributed by atoms with Crippen molar-refractivity contribution in [1.29, 1.82) is 0 Å². The second-order valence-electron chi connectivity index (χ2n) is 18.6. The Balaban J connectivity index is 0.000000172. The number of hydrogen-bond donors (Lipinski definition) is 5. The summed E-state index contributed by atoms with van der Waals surface area (Å²) in [7, 11) is 4.93. The quantitative estimate of drug-likeness (QED) is 0.0623. The van der Waals surface area contributed by atoms with E-state index in [2.05, 4.69) is 56.3 Å². The molecule has 2 atom stereocenters. The molecule has 13 nitrogen and oxygen atoms in total. The van der Waals surface area contributed by atoms with Crippen LogP contribution >= 0.6 is 34.3 Å². The number of carbonyl (C=O) groups excluding carboxylic acids is 2. The number of rotatable bonds is 11. The zero-order chi connectivity index (χ0) is 48.9. The van der Waals surface area contributed by atoms with Gasteiger partial charge in [0, 0.05) is 102 Å². The maximum Gasteiger partial charge on any atom is 0.393 e. The molecule has 4 aromatic heterocycles. The van der Waals surface area contributed by atoms with E-state index in [-0.39, 0.29) is 37.7 Å². The fourth-order valence-corrected chi connectivity index (χ4v) is 12.6. The molecule has 366 valence electrons. The van der Waals surface area contributed by atoms with Crippen molar-refractivity contribution in [2.75, 3.05) is 73.1 Å². The van der Waals surface area contributed by atoms with E-state index in [1.165, 1.54) is 0 Å². The lowest BCUT2D eigenvalue weighted by atomic mass is 9.78. The lowest BCUT2D eigenvalue weighted by molar-refractivity contribution is -0.127. The fraction of sp³-hybridized carbons (Fsp3) is 0.447. The molecule has 2 aliphatic carbocycles. The molecule has 2 unspecified atom stereocenters. The number of halogens is 7. The van der Waals surface area contributed by atoms with Gasteiger partial charge in [0.1, 0.15) is 21.3 Å². The second kappa shape index (κ2) is 18.9. The summed E-state index contributed by atoms with van der Waals surface area (Å²) in [6, 6.07) is 18.7. The third-order valence-corrected chi connectivity index (χ3v) is 15.6. The molecule has 69 heavy (non-hydrogen) atoms. The molecule has 4 aliphatic rings. The number of anilines is 5. The van der Waals surface area contributed by atoms with E-state index in [4.69, 9.17) is 11.6 Å². The predicted molar refractivity (Wildman–Crippen MR) is 260 cm³/mol. The SMILES string of the molecule is CNC(=O)c1ccc(NC2CCC3(C2)CN(c2nc(Cl)nc4sc(CC(F)(F)F)cc24)C3)cc1.CNC(=O)c1ccc(NC2CCC3(C2)CN(c2nc(NC)nc4sc(CC(F)(F)F)cc24)C3)cc1. The zero-order valence-electron chi connectivity index (χ0n) is 37.9. The highest BCUT2D eigenvalue weighted by molar-refractivity contribution is 7.19. The summed E-state index contributed by atoms with van der Waals surface area (Å²) in [5.74, 6) is 1.51. The topological polar surface area (TPSA) is 152 Å². The maximum atomic E-state index is 12.9. The number of thiophene rings is 2. The molecule has 4 fully saturated rings. The Kier molecular flexibility index (Phi) is 13.3. The number of nitrogens with zero attached hydrogens (tertiary/aromatic N) is 6. The Morgan fingerprint density at radius 3 is 1.48 bits per heavy atom. The first-order chi connectivity index (χ1) is 32.8. The number of nitrogens with one attached hydrogen (secondary N) is 5. The molecule has 2 amide bonds. The smallest absolute Gasteiger partial charge is 0.382 e. The largest absolute Gasteiger partial charge is 0.393 e. The first-order valence-corrected chi connectivity index (χ1v) is 24.6. The third-order valence-electron chi connectivity index (χ3n) is 13.4. The lowest BCUT2D eigenvalue weighted by Gasteiger charge is -2.49. The van der Waals surface area contributed by atoms with Crippen LogP contribution in [-0.2, 0) is 12.8 Å². The van der Waals surface area contributed by atoms with Gasteiger partial charge in [0.2, 0.25) is 11.2 Å². The summed E-state index contributed by atoms with van der Waals surface area (Å²) in [5, 5.41) is 16.7. The van der Waals surface area contributed by atoms with E-state index in [0.717, 1.165) is 98.8 Å². The van der Waals surface area contributed by atoms with Gasteiger partial charge in [-0.25, -0.2) is 9.97 Å². The fourth-order valence-electron chi connectivity index (χ4n) is 10.3. The highest BCUT2D eigenvalue weighted by Crippen LogP contribution is 2.51. The molecule has 6 aromatic rings. The van der Waals surface area contributed by atoms with E-state index >= 15 is 0 Å². The van der Waals surface area contributed by atoms with E-state index in [1.807, 2.05) is 36.4 Å². The Morgan fingerprint density at radius 2 is 1.07 bits per heavy atom. The minimum absolute atomic E-state index is 0.0509. The van der Waals surface area contributed by atoms with Crippen molar-refractivity contribution in [3.05, 3.63) is 86.8 Å². The molecule has 2 saturated heterocycles. The summed E-state index contributed by atoms with van der Waals surface area (Å²) in [4.78, 5) is 46.7. The summed E-state index contributed by atoms with van der Waals surface area (Å²) >= 11 is 8.19. The number of benzene rings is 2. The number of alkyl halides is 6. The predicted octanol–water partition coefficient (Wildman–Crippen LogP) is 9.95. The molecular weight excluding hydrogens is 964 g/mol. The van der Waals surface area contributed by atoms with E-state index in [1.54, 1.807) is 45.4 Å². The molecule has 2 aromatic carbocycles. The van der Waals surface area contributed by atoms with Crippen LogP contribution in [0.4, 0.5) is 55.3 Å². The van der Waals surface area contributed by atoms with E-state index < -0.39 is 25.2 Å². The van der Waals surface area contributed by atoms with Crippen LogP contribution in [0.15, 0.2) is 60.7 Å². The van der Waals surface area contributed by atoms with E-state index in [0.29, 0.717) is 61.2 Å². The van der Waals surface area contributed by atoms with Crippen molar-refractivity contribution in [2.24, 2.45) is 10.8 Å². The van der Waals surface area contributed by atoms with Crippen molar-refractivity contribution in [2.45, 2.75) is 75.8 Å². The van der Waals surface area contributed by atoms with Gasteiger partial charge < -0.3 is 36.4 Å². The Labute approximate surface area is 406 Å². The summed E-state index contributed by atoms with van der Waals surface area (Å²) in [5.41, 5.74) is 3.52. The third kappa shape index (κ3) is 10.9. The molecule has 22 heteroatoms. The summed E-state index contributed by atoms with van der Waals surface area (Å²) < 4.78 is 77.4. The molecule has 2 saturated carbocycles. The van der Waals surface area contributed by atoms with Crippen LogP contribution in [0, 0.1) is 10.8 Å². The molecule has 0 bridgehead atoms. The Hall–Kier alpha value is -5.67. The van der Waals surface area contributed by atoms with Crippen LogP contribution in [0.1, 0.15) is 69.0 Å². The number of carbonyl (C=O) groups is 2. The Bertz CT molecular complexity index is 2850. The molecule has 0 radical (unpaired) electrons. The van der Waals surface area contributed by atoms with Crippen molar-refractivity contribution in [3.63, 3.8) is 0 Å². The van der Waals surface area contributed by atoms with Crippen LogP contribution < -0.4 is 36.4 Å².